The van der Waals surface area contributed by atoms with Crippen LogP contribution in [-0.2, 0) is 11.3 Å². The molecule has 1 unspecified atom stereocenters. The third kappa shape index (κ3) is 5.11. The van der Waals surface area contributed by atoms with Crippen molar-refractivity contribution in [2.75, 3.05) is 13.6 Å². The molecule has 1 atom stereocenters. The fourth-order valence-electron chi connectivity index (χ4n) is 1.49. The maximum absolute atomic E-state index is 11.7. The van der Waals surface area contributed by atoms with Gasteiger partial charge in [0.2, 0.25) is 0 Å². The van der Waals surface area contributed by atoms with E-state index in [1.165, 1.54) is 17.0 Å². The van der Waals surface area contributed by atoms with Gasteiger partial charge in [-0.3, -0.25) is 4.79 Å². The largest absolute Gasteiger partial charge is 0.479 e. The summed E-state index contributed by atoms with van der Waals surface area (Å²) >= 11 is 0. The smallest absolute Gasteiger partial charge is 0.334 e. The number of aliphatic carboxylic acids is 1. The van der Waals surface area contributed by atoms with Crippen LogP contribution in [0.25, 0.3) is 0 Å². The molecule has 21 heavy (non-hydrogen) atoms. The van der Waals surface area contributed by atoms with Crippen molar-refractivity contribution in [3.63, 3.8) is 0 Å². The quantitative estimate of drug-likeness (QED) is 0.554. The minimum Gasteiger partial charge on any atom is -0.479 e. The van der Waals surface area contributed by atoms with E-state index in [0.717, 1.165) is 5.56 Å². The number of carboxylic acid groups (broad SMARTS) is 1. The topological polar surface area (TPSA) is 133 Å². The third-order valence-electron chi connectivity index (χ3n) is 2.75. The molecule has 0 saturated carbocycles. The molecular formula is C13H17N3O5. The number of primary amides is 1. The molecule has 114 valence electrons. The van der Waals surface area contributed by atoms with Crippen molar-refractivity contribution in [1.29, 1.82) is 0 Å². The third-order valence-corrected chi connectivity index (χ3v) is 2.75. The highest BCUT2D eigenvalue weighted by Gasteiger charge is 2.15. The maximum Gasteiger partial charge on any atom is 0.334 e. The Labute approximate surface area is 121 Å². The number of nitrogens with two attached hydrogens (primary N) is 1. The molecule has 0 aliphatic carbocycles. The summed E-state index contributed by atoms with van der Waals surface area (Å²) in [5.41, 5.74) is 6.21. The first-order valence-electron chi connectivity index (χ1n) is 6.10. The highest BCUT2D eigenvalue weighted by Crippen LogP contribution is 2.07. The Morgan fingerprint density at radius 1 is 1.29 bits per heavy atom. The van der Waals surface area contributed by atoms with Crippen LogP contribution in [0.4, 0.5) is 4.79 Å². The van der Waals surface area contributed by atoms with Gasteiger partial charge in [0.05, 0.1) is 6.54 Å². The predicted octanol–water partition coefficient (Wildman–Crippen LogP) is -0.628. The SMILES string of the molecule is CN(Cc1ccc(C(=O)NCC(O)C(=O)O)cc1)C(N)=O. The summed E-state index contributed by atoms with van der Waals surface area (Å²) in [4.78, 5) is 34.3. The van der Waals surface area contributed by atoms with Crippen molar-refractivity contribution in [2.24, 2.45) is 5.73 Å². The van der Waals surface area contributed by atoms with Crippen molar-refractivity contribution >= 4 is 17.9 Å². The molecule has 0 aliphatic heterocycles. The zero-order valence-corrected chi connectivity index (χ0v) is 11.4. The average molecular weight is 295 g/mol. The first-order chi connectivity index (χ1) is 9.81. The summed E-state index contributed by atoms with van der Waals surface area (Å²) in [6, 6.07) is 5.82. The predicted molar refractivity (Wildman–Crippen MR) is 73.5 cm³/mol. The molecule has 3 amide bonds. The van der Waals surface area contributed by atoms with Crippen molar-refractivity contribution in [1.82, 2.24) is 10.2 Å². The van der Waals surface area contributed by atoms with Crippen LogP contribution in [0.2, 0.25) is 0 Å². The van der Waals surface area contributed by atoms with Gasteiger partial charge in [0.1, 0.15) is 0 Å². The number of aliphatic hydroxyl groups is 1. The Kier molecular flexibility index (Phi) is 5.67. The molecule has 1 rings (SSSR count). The molecule has 0 fully saturated rings. The van der Waals surface area contributed by atoms with Crippen molar-refractivity contribution in [2.45, 2.75) is 12.6 Å². The Morgan fingerprint density at radius 3 is 2.33 bits per heavy atom. The van der Waals surface area contributed by atoms with E-state index in [1.807, 2.05) is 0 Å². The first-order valence-corrected chi connectivity index (χ1v) is 6.10. The van der Waals surface area contributed by atoms with Gasteiger partial charge < -0.3 is 26.2 Å². The van der Waals surface area contributed by atoms with Crippen LogP contribution in [0, 0.1) is 0 Å². The molecule has 0 spiro atoms. The van der Waals surface area contributed by atoms with Gasteiger partial charge >= 0.3 is 12.0 Å². The lowest BCUT2D eigenvalue weighted by molar-refractivity contribution is -0.146. The number of hydrogen-bond donors (Lipinski definition) is 4. The molecular weight excluding hydrogens is 278 g/mol. The van der Waals surface area contributed by atoms with Gasteiger partial charge in [0.15, 0.2) is 6.10 Å². The van der Waals surface area contributed by atoms with Gasteiger partial charge in [0, 0.05) is 19.2 Å². The number of carboxylic acids is 1. The van der Waals surface area contributed by atoms with Crippen LogP contribution in [0.1, 0.15) is 15.9 Å². The zero-order chi connectivity index (χ0) is 16.0. The number of rotatable bonds is 6. The van der Waals surface area contributed by atoms with E-state index in [4.69, 9.17) is 15.9 Å². The van der Waals surface area contributed by atoms with Crippen LogP contribution in [0.3, 0.4) is 0 Å². The van der Waals surface area contributed by atoms with Crippen LogP contribution < -0.4 is 11.1 Å². The molecule has 1 aromatic rings. The summed E-state index contributed by atoms with van der Waals surface area (Å²) in [6.45, 7) is -0.0602. The van der Waals surface area contributed by atoms with E-state index < -0.39 is 24.0 Å². The summed E-state index contributed by atoms with van der Waals surface area (Å²) in [5, 5.41) is 19.8. The van der Waals surface area contributed by atoms with E-state index in [-0.39, 0.29) is 6.54 Å². The number of urea groups is 1. The molecule has 0 heterocycles. The molecule has 0 radical (unpaired) electrons. The summed E-state index contributed by atoms with van der Waals surface area (Å²) in [6.07, 6.45) is -1.64. The summed E-state index contributed by atoms with van der Waals surface area (Å²) in [5.74, 6) is -1.90. The van der Waals surface area contributed by atoms with Crippen LogP contribution in [0.15, 0.2) is 24.3 Å². The van der Waals surface area contributed by atoms with Crippen molar-refractivity contribution < 1.29 is 24.6 Å². The van der Waals surface area contributed by atoms with Gasteiger partial charge in [-0.15, -0.1) is 0 Å². The Balaban J connectivity index is 2.59. The number of nitrogens with zero attached hydrogens (tertiary/aromatic N) is 1. The second kappa shape index (κ2) is 7.25. The second-order valence-electron chi connectivity index (χ2n) is 4.46. The molecule has 8 heteroatoms. The highest BCUT2D eigenvalue weighted by molar-refractivity contribution is 5.94. The van der Waals surface area contributed by atoms with Crippen molar-refractivity contribution in [3.8, 4) is 0 Å². The fraction of sp³-hybridized carbons (Fsp3) is 0.308. The minimum absolute atomic E-state index is 0.314. The monoisotopic (exact) mass is 295 g/mol. The normalized spacial score (nSPS) is 11.5. The highest BCUT2D eigenvalue weighted by atomic mass is 16.4. The Bertz CT molecular complexity index is 529. The Morgan fingerprint density at radius 2 is 1.86 bits per heavy atom. The summed E-state index contributed by atoms with van der Waals surface area (Å²) in [7, 11) is 1.55. The zero-order valence-electron chi connectivity index (χ0n) is 11.4. The molecule has 0 aliphatic rings. The molecule has 0 saturated heterocycles. The lowest BCUT2D eigenvalue weighted by Crippen LogP contribution is -2.36. The average Bonchev–Trinajstić information content (AvgIpc) is 2.44. The second-order valence-corrected chi connectivity index (χ2v) is 4.46. The number of nitrogens with one attached hydrogen (secondary N) is 1. The lowest BCUT2D eigenvalue weighted by Gasteiger charge is -2.14. The molecule has 5 N–H and O–H groups in total. The van der Waals surface area contributed by atoms with Gasteiger partial charge in [-0.1, -0.05) is 12.1 Å². The molecule has 8 nitrogen and oxygen atoms in total. The van der Waals surface area contributed by atoms with E-state index >= 15 is 0 Å². The van der Waals surface area contributed by atoms with Gasteiger partial charge in [-0.05, 0) is 17.7 Å². The number of aliphatic hydroxyl groups excluding tert-OH is 1. The van der Waals surface area contributed by atoms with E-state index in [1.54, 1.807) is 19.2 Å². The van der Waals surface area contributed by atoms with E-state index in [0.29, 0.717) is 12.1 Å². The standard InChI is InChI=1S/C13H17N3O5/c1-16(13(14)21)7-8-2-4-9(5-3-8)11(18)15-6-10(17)12(19)20/h2-5,10,17H,6-7H2,1H3,(H2,14,21)(H,15,18)(H,19,20). The van der Waals surface area contributed by atoms with E-state index in [2.05, 4.69) is 5.32 Å². The molecule has 1 aromatic carbocycles. The first kappa shape index (κ1) is 16.4. The maximum atomic E-state index is 11.7. The molecule has 0 bridgehead atoms. The van der Waals surface area contributed by atoms with Gasteiger partial charge in [0.25, 0.3) is 5.91 Å². The molecule has 0 aromatic heterocycles. The number of hydrogen-bond acceptors (Lipinski definition) is 4. The van der Waals surface area contributed by atoms with Crippen LogP contribution in [0.5, 0.6) is 0 Å². The summed E-state index contributed by atoms with van der Waals surface area (Å²) < 4.78 is 0. The van der Waals surface area contributed by atoms with Crippen LogP contribution in [-0.4, -0.2) is 52.7 Å². The fourth-order valence-corrected chi connectivity index (χ4v) is 1.49. The Hall–Kier alpha value is -2.61. The number of benzene rings is 1. The number of carbonyl (C=O) groups is 3. The van der Waals surface area contributed by atoms with Crippen molar-refractivity contribution in [3.05, 3.63) is 35.4 Å². The number of carbonyl (C=O) groups excluding carboxylic acids is 2. The van der Waals surface area contributed by atoms with E-state index in [9.17, 15) is 14.4 Å². The minimum atomic E-state index is -1.64. The van der Waals surface area contributed by atoms with Gasteiger partial charge in [-0.25, -0.2) is 9.59 Å². The van der Waals surface area contributed by atoms with Crippen LogP contribution >= 0.6 is 0 Å². The lowest BCUT2D eigenvalue weighted by atomic mass is 10.1. The number of amides is 3. The van der Waals surface area contributed by atoms with Gasteiger partial charge in [-0.2, -0.15) is 0 Å².